The van der Waals surface area contributed by atoms with Gasteiger partial charge in [0.25, 0.3) is 0 Å². The van der Waals surface area contributed by atoms with Crippen LogP contribution in [-0.4, -0.2) is 16.0 Å². The molecule has 1 aliphatic carbocycles. The highest BCUT2D eigenvalue weighted by Crippen LogP contribution is 2.67. The topological polar surface area (TPSA) is 0 Å². The van der Waals surface area contributed by atoms with Gasteiger partial charge < -0.3 is 0 Å². The summed E-state index contributed by atoms with van der Waals surface area (Å²) in [5.74, 6) is 1.54. The van der Waals surface area contributed by atoms with E-state index in [9.17, 15) is 0 Å². The Morgan fingerprint density at radius 1 is 0.595 bits per heavy atom. The molecule has 0 heterocycles. The van der Waals surface area contributed by atoms with Crippen molar-refractivity contribution < 1.29 is 0 Å². The third-order valence-electron chi connectivity index (χ3n) is 7.36. The van der Waals surface area contributed by atoms with Crippen LogP contribution in [0.4, 0.5) is 0 Å². The first-order chi connectivity index (χ1) is 17.6. The maximum atomic E-state index is 2.50. The van der Waals surface area contributed by atoms with Gasteiger partial charge in [0, 0.05) is 5.92 Å². The Hall–Kier alpha value is -2.26. The maximum Gasteiger partial charge on any atom is 0.0349 e. The zero-order chi connectivity index (χ0) is 26.4. The summed E-state index contributed by atoms with van der Waals surface area (Å²) in [4.78, 5) is 0. The highest BCUT2D eigenvalue weighted by molar-refractivity contribution is 7.78. The minimum Gasteiger partial charge on any atom is -0.0915 e. The highest BCUT2D eigenvalue weighted by Gasteiger charge is 2.43. The molecular weight excluding hydrogens is 482 g/mol. The number of allylic oxidation sites excluding steroid dienone is 4. The molecule has 1 aliphatic rings. The summed E-state index contributed by atoms with van der Waals surface area (Å²) in [5, 5.41) is 10.4. The van der Waals surface area contributed by atoms with Gasteiger partial charge in [-0.05, 0) is 61.4 Å². The van der Waals surface area contributed by atoms with Gasteiger partial charge in [-0.1, -0.05) is 160 Å². The molecule has 5 rings (SSSR count). The van der Waals surface area contributed by atoms with Gasteiger partial charge in [-0.3, -0.25) is 0 Å². The monoisotopic (exact) mass is 521 g/mol. The lowest BCUT2D eigenvalue weighted by molar-refractivity contribution is 0.691. The number of hydrogen-bond acceptors (Lipinski definition) is 0. The average molecular weight is 522 g/mol. The number of benzene rings is 4. The molecule has 2 heteroatoms. The van der Waals surface area contributed by atoms with Gasteiger partial charge in [0.2, 0.25) is 0 Å². The van der Waals surface area contributed by atoms with Gasteiger partial charge in [-0.15, -0.1) is 0 Å². The van der Waals surface area contributed by atoms with Crippen molar-refractivity contribution >= 4 is 48.0 Å². The van der Waals surface area contributed by atoms with Gasteiger partial charge in [0.1, 0.15) is 0 Å². The van der Waals surface area contributed by atoms with Crippen molar-refractivity contribution in [3.05, 3.63) is 114 Å². The number of hydrogen-bond donors (Lipinski definition) is 0. The van der Waals surface area contributed by atoms with E-state index in [4.69, 9.17) is 0 Å². The molecule has 1 atom stereocenters. The summed E-state index contributed by atoms with van der Waals surface area (Å²) in [7, 11) is -1.04. The maximum absolute atomic E-state index is 2.50. The van der Waals surface area contributed by atoms with Crippen molar-refractivity contribution in [1.29, 1.82) is 0 Å². The van der Waals surface area contributed by atoms with E-state index in [-0.39, 0.29) is 18.2 Å². The largest absolute Gasteiger partial charge is 0.0915 e. The lowest BCUT2D eigenvalue weighted by Gasteiger charge is -2.47. The van der Waals surface area contributed by atoms with Gasteiger partial charge >= 0.3 is 0 Å². The molecule has 0 nitrogen and oxygen atoms in total. The van der Waals surface area contributed by atoms with E-state index in [1.807, 2.05) is 0 Å². The zero-order valence-electron chi connectivity index (χ0n) is 23.3. The van der Waals surface area contributed by atoms with Crippen LogP contribution in [0.25, 0.3) is 21.5 Å². The van der Waals surface area contributed by atoms with Crippen LogP contribution >= 0.6 is 15.8 Å². The first kappa shape index (κ1) is 26.4. The van der Waals surface area contributed by atoms with Crippen LogP contribution in [0.2, 0.25) is 0 Å². The third kappa shape index (κ3) is 5.09. The summed E-state index contributed by atoms with van der Waals surface area (Å²) < 4.78 is 0. The van der Waals surface area contributed by atoms with Crippen LogP contribution < -0.4 is 10.6 Å². The van der Waals surface area contributed by atoms with E-state index >= 15 is 0 Å². The summed E-state index contributed by atoms with van der Waals surface area (Å²) in [6, 6.07) is 31.6. The second-order valence-electron chi connectivity index (χ2n) is 12.1. The van der Waals surface area contributed by atoms with Crippen LogP contribution in [0.3, 0.4) is 0 Å². The fourth-order valence-corrected chi connectivity index (χ4v) is 14.3. The van der Waals surface area contributed by atoms with E-state index in [0.717, 1.165) is 0 Å². The van der Waals surface area contributed by atoms with E-state index in [2.05, 4.69) is 152 Å². The summed E-state index contributed by atoms with van der Waals surface area (Å²) in [6.07, 6.45) is 7.17. The van der Waals surface area contributed by atoms with Gasteiger partial charge in [-0.25, -0.2) is 0 Å². The zero-order valence-corrected chi connectivity index (χ0v) is 25.1. The fourth-order valence-electron chi connectivity index (χ4n) is 6.48. The predicted molar refractivity (Wildman–Crippen MR) is 170 cm³/mol. The molecule has 1 radical (unpaired) electrons. The predicted octanol–water partition coefficient (Wildman–Crippen LogP) is 9.92. The second kappa shape index (κ2) is 10.1. The first-order valence-electron chi connectivity index (χ1n) is 13.4. The molecule has 0 fully saturated rings. The average Bonchev–Trinajstić information content (AvgIpc) is 3.32. The standard InChI is InChI=1S/C35H39P2/c1-25(37(34(2,3)4)35(5,6)7)28-21-14-24-31(28)36(32-22-12-17-26-15-8-10-19-29(26)32)33-23-13-18-27-16-9-11-20-30(27)33/h8-25H,1-7H3/t25-/m0/s1. The minimum absolute atomic E-state index is 0.267. The molecule has 0 spiro atoms. The lowest BCUT2D eigenvalue weighted by atomic mass is 10.1. The molecule has 0 aromatic heterocycles. The molecule has 0 unspecified atom stereocenters. The summed E-state index contributed by atoms with van der Waals surface area (Å²) >= 11 is 0. The molecule has 4 aromatic carbocycles. The molecule has 0 amide bonds. The summed E-state index contributed by atoms with van der Waals surface area (Å²) in [6.45, 7) is 17.2. The Kier molecular flexibility index (Phi) is 7.22. The van der Waals surface area contributed by atoms with E-state index in [1.54, 1.807) is 5.92 Å². The fraction of sp³-hybridized carbons (Fsp3) is 0.286. The Bertz CT molecular complexity index is 1370. The van der Waals surface area contributed by atoms with E-state index in [0.29, 0.717) is 5.66 Å². The molecule has 4 aromatic rings. The molecule has 189 valence electrons. The Labute approximate surface area is 226 Å². The molecule has 0 saturated carbocycles. The molecular formula is C35H39P2. The normalized spacial score (nSPS) is 15.8. The van der Waals surface area contributed by atoms with Crippen molar-refractivity contribution in [3.8, 4) is 0 Å². The SMILES string of the molecule is C[C@@H]([C]1C=CC=C1P(c1cccc2ccccc12)c1cccc2ccccc12)P(C(C)(C)C)C(C)(C)C. The van der Waals surface area contributed by atoms with Crippen molar-refractivity contribution in [2.45, 2.75) is 64.4 Å². The molecule has 0 N–H and O–H groups in total. The molecule has 0 aliphatic heterocycles. The molecule has 0 bridgehead atoms. The van der Waals surface area contributed by atoms with Crippen molar-refractivity contribution in [3.63, 3.8) is 0 Å². The van der Waals surface area contributed by atoms with Crippen LogP contribution in [0, 0.1) is 5.92 Å². The van der Waals surface area contributed by atoms with Gasteiger partial charge in [-0.2, -0.15) is 0 Å². The molecule has 37 heavy (non-hydrogen) atoms. The van der Waals surface area contributed by atoms with Crippen molar-refractivity contribution in [2.24, 2.45) is 0 Å². The Morgan fingerprint density at radius 3 is 1.54 bits per heavy atom. The first-order valence-corrected chi connectivity index (χ1v) is 16.1. The van der Waals surface area contributed by atoms with Crippen LogP contribution in [-0.2, 0) is 0 Å². The number of rotatable bonds is 5. The van der Waals surface area contributed by atoms with E-state index in [1.165, 1.54) is 37.5 Å². The molecule has 0 saturated heterocycles. The number of fused-ring (bicyclic) bond motifs is 2. The van der Waals surface area contributed by atoms with Crippen LogP contribution in [0.5, 0.6) is 0 Å². The van der Waals surface area contributed by atoms with Crippen molar-refractivity contribution in [1.82, 2.24) is 0 Å². The van der Waals surface area contributed by atoms with Crippen LogP contribution in [0.1, 0.15) is 48.5 Å². The second-order valence-corrected chi connectivity index (χ2v) is 18.4. The van der Waals surface area contributed by atoms with Gasteiger partial charge in [0.05, 0.1) is 0 Å². The van der Waals surface area contributed by atoms with E-state index < -0.39 is 7.92 Å². The van der Waals surface area contributed by atoms with Crippen LogP contribution in [0.15, 0.2) is 108 Å². The smallest absolute Gasteiger partial charge is 0.0349 e. The quantitative estimate of drug-likeness (QED) is 0.229. The Morgan fingerprint density at radius 2 is 1.05 bits per heavy atom. The summed E-state index contributed by atoms with van der Waals surface area (Å²) in [5.41, 5.74) is 0.509. The van der Waals surface area contributed by atoms with Crippen molar-refractivity contribution in [2.75, 3.05) is 0 Å². The minimum atomic E-state index is -0.748. The highest BCUT2D eigenvalue weighted by atomic mass is 31.1. The Balaban J connectivity index is 1.72. The third-order valence-corrected chi connectivity index (χ3v) is 13.9. The lowest BCUT2D eigenvalue weighted by Crippen LogP contribution is -2.33. The van der Waals surface area contributed by atoms with Gasteiger partial charge in [0.15, 0.2) is 0 Å².